The Hall–Kier alpha value is -2.04. The topological polar surface area (TPSA) is 61.6 Å². The van der Waals surface area contributed by atoms with Crippen LogP contribution in [0, 0.1) is 10.1 Å². The molecular weight excluding hydrogens is 270 g/mol. The minimum Gasteiger partial charge on any atom is -0.496 e. The molecule has 0 fully saturated rings. The molecule has 0 unspecified atom stereocenters. The summed E-state index contributed by atoms with van der Waals surface area (Å²) in [5, 5.41) is 10.8. The van der Waals surface area contributed by atoms with Crippen molar-refractivity contribution < 1.29 is 14.4 Å². The standard InChI is InChI=1S/C16H23NO4/c1-5-6-7-8-13-10-16(21-4)14(11-15(13)20-3)9-12(2)17(18)19/h9-11H,5-8H2,1-4H3. The largest absolute Gasteiger partial charge is 0.496 e. The van der Waals surface area contributed by atoms with Gasteiger partial charge in [0.2, 0.25) is 5.70 Å². The molecule has 0 saturated heterocycles. The molecule has 1 aromatic carbocycles. The van der Waals surface area contributed by atoms with Gasteiger partial charge in [0.05, 0.1) is 19.1 Å². The Morgan fingerprint density at radius 1 is 1.24 bits per heavy atom. The summed E-state index contributed by atoms with van der Waals surface area (Å²) < 4.78 is 10.8. The maximum atomic E-state index is 10.8. The first-order chi connectivity index (χ1) is 10.0. The molecule has 0 atom stereocenters. The zero-order chi connectivity index (χ0) is 15.8. The van der Waals surface area contributed by atoms with Gasteiger partial charge in [-0.25, -0.2) is 0 Å². The van der Waals surface area contributed by atoms with Crippen LogP contribution in [0.5, 0.6) is 11.5 Å². The van der Waals surface area contributed by atoms with Crippen LogP contribution in [0.2, 0.25) is 0 Å². The second-order valence-electron chi connectivity index (χ2n) is 4.91. The van der Waals surface area contributed by atoms with E-state index in [1.807, 2.05) is 6.07 Å². The third kappa shape index (κ3) is 4.77. The Morgan fingerprint density at radius 2 is 1.90 bits per heavy atom. The van der Waals surface area contributed by atoms with Gasteiger partial charge in [-0.1, -0.05) is 19.8 Å². The Bertz CT molecular complexity index is 523. The Labute approximate surface area is 125 Å². The van der Waals surface area contributed by atoms with Gasteiger partial charge in [-0.15, -0.1) is 0 Å². The number of hydrogen-bond donors (Lipinski definition) is 0. The fourth-order valence-electron chi connectivity index (χ4n) is 2.14. The summed E-state index contributed by atoms with van der Waals surface area (Å²) in [4.78, 5) is 10.3. The van der Waals surface area contributed by atoms with Gasteiger partial charge in [-0.3, -0.25) is 10.1 Å². The zero-order valence-corrected chi connectivity index (χ0v) is 13.1. The van der Waals surface area contributed by atoms with E-state index in [9.17, 15) is 10.1 Å². The van der Waals surface area contributed by atoms with Crippen molar-refractivity contribution >= 4 is 6.08 Å². The fourth-order valence-corrected chi connectivity index (χ4v) is 2.14. The number of aryl methyl sites for hydroxylation is 1. The maximum Gasteiger partial charge on any atom is 0.243 e. The summed E-state index contributed by atoms with van der Waals surface area (Å²) in [6, 6.07) is 3.71. The van der Waals surface area contributed by atoms with Crippen molar-refractivity contribution in [2.45, 2.75) is 39.5 Å². The van der Waals surface area contributed by atoms with Crippen LogP contribution in [0.1, 0.15) is 44.2 Å². The number of unbranched alkanes of at least 4 members (excludes halogenated alkanes) is 2. The average molecular weight is 293 g/mol. The molecule has 0 saturated carbocycles. The molecule has 5 nitrogen and oxygen atoms in total. The molecule has 5 heteroatoms. The molecule has 0 N–H and O–H groups in total. The lowest BCUT2D eigenvalue weighted by atomic mass is 10.0. The Kier molecular flexibility index (Phi) is 6.72. The molecule has 0 aromatic heterocycles. The van der Waals surface area contributed by atoms with Crippen LogP contribution in [0.15, 0.2) is 17.8 Å². The lowest BCUT2D eigenvalue weighted by Gasteiger charge is -2.13. The highest BCUT2D eigenvalue weighted by molar-refractivity contribution is 5.62. The van der Waals surface area contributed by atoms with E-state index in [0.29, 0.717) is 11.3 Å². The highest BCUT2D eigenvalue weighted by Gasteiger charge is 2.12. The molecule has 0 heterocycles. The number of methoxy groups -OCH3 is 2. The van der Waals surface area contributed by atoms with Gasteiger partial charge in [0.25, 0.3) is 0 Å². The quantitative estimate of drug-likeness (QED) is 0.412. The summed E-state index contributed by atoms with van der Waals surface area (Å²) in [5.74, 6) is 1.37. The van der Waals surface area contributed by atoms with Gasteiger partial charge >= 0.3 is 0 Å². The van der Waals surface area contributed by atoms with Gasteiger partial charge in [-0.05, 0) is 30.5 Å². The SMILES string of the molecule is CCCCCc1cc(OC)c(C=C(C)[N+](=O)[O-])cc1OC. The Balaban J connectivity index is 3.16. The van der Waals surface area contributed by atoms with Gasteiger partial charge in [0.1, 0.15) is 11.5 Å². The van der Waals surface area contributed by atoms with Crippen molar-refractivity contribution in [3.05, 3.63) is 39.1 Å². The number of nitro groups is 1. The van der Waals surface area contributed by atoms with Gasteiger partial charge in [-0.2, -0.15) is 0 Å². The molecule has 21 heavy (non-hydrogen) atoms. The number of rotatable bonds is 8. The summed E-state index contributed by atoms with van der Waals surface area (Å²) >= 11 is 0. The van der Waals surface area contributed by atoms with Gasteiger partial charge < -0.3 is 9.47 Å². The predicted octanol–water partition coefficient (Wildman–Crippen LogP) is 4.07. The van der Waals surface area contributed by atoms with E-state index in [0.717, 1.165) is 37.0 Å². The van der Waals surface area contributed by atoms with Gasteiger partial charge in [0.15, 0.2) is 0 Å². The molecule has 1 rings (SSSR count). The molecule has 0 bridgehead atoms. The minimum atomic E-state index is -0.416. The first-order valence-electron chi connectivity index (χ1n) is 7.11. The van der Waals surface area contributed by atoms with E-state index in [1.165, 1.54) is 13.0 Å². The second kappa shape index (κ2) is 8.29. The molecular formula is C16H23NO4. The predicted molar refractivity (Wildman–Crippen MR) is 83.4 cm³/mol. The second-order valence-corrected chi connectivity index (χ2v) is 4.91. The number of nitrogens with zero attached hydrogens (tertiary/aromatic N) is 1. The molecule has 0 aliphatic carbocycles. The van der Waals surface area contributed by atoms with E-state index < -0.39 is 4.92 Å². The summed E-state index contributed by atoms with van der Waals surface area (Å²) in [7, 11) is 3.18. The average Bonchev–Trinajstić information content (AvgIpc) is 2.47. The van der Waals surface area contributed by atoms with E-state index in [2.05, 4.69) is 6.92 Å². The van der Waals surface area contributed by atoms with Gasteiger partial charge in [0, 0.05) is 18.6 Å². The van der Waals surface area contributed by atoms with Crippen LogP contribution in [0.3, 0.4) is 0 Å². The fraction of sp³-hybridized carbons (Fsp3) is 0.500. The molecule has 0 aliphatic rings. The van der Waals surface area contributed by atoms with Crippen LogP contribution in [0.25, 0.3) is 6.08 Å². The minimum absolute atomic E-state index is 0.0640. The third-order valence-electron chi connectivity index (χ3n) is 3.33. The number of hydrogen-bond acceptors (Lipinski definition) is 4. The highest BCUT2D eigenvalue weighted by Crippen LogP contribution is 2.31. The van der Waals surface area contributed by atoms with Crippen LogP contribution >= 0.6 is 0 Å². The van der Waals surface area contributed by atoms with Crippen molar-refractivity contribution in [2.75, 3.05) is 14.2 Å². The smallest absolute Gasteiger partial charge is 0.243 e. The number of ether oxygens (including phenoxy) is 2. The zero-order valence-electron chi connectivity index (χ0n) is 13.1. The van der Waals surface area contributed by atoms with E-state index in [-0.39, 0.29) is 5.70 Å². The molecule has 0 spiro atoms. The van der Waals surface area contributed by atoms with Crippen LogP contribution in [-0.2, 0) is 6.42 Å². The van der Waals surface area contributed by atoms with Crippen LogP contribution < -0.4 is 9.47 Å². The summed E-state index contributed by atoms with van der Waals surface area (Å²) in [6.45, 7) is 3.62. The third-order valence-corrected chi connectivity index (χ3v) is 3.33. The number of benzene rings is 1. The van der Waals surface area contributed by atoms with Crippen LogP contribution in [0.4, 0.5) is 0 Å². The van der Waals surface area contributed by atoms with E-state index in [1.54, 1.807) is 20.3 Å². The van der Waals surface area contributed by atoms with Crippen molar-refractivity contribution in [3.63, 3.8) is 0 Å². The first kappa shape index (κ1) is 17.0. The summed E-state index contributed by atoms with van der Waals surface area (Å²) in [5.41, 5.74) is 1.79. The molecule has 0 amide bonds. The first-order valence-corrected chi connectivity index (χ1v) is 7.11. The molecule has 116 valence electrons. The lowest BCUT2D eigenvalue weighted by molar-refractivity contribution is -0.422. The van der Waals surface area contributed by atoms with E-state index >= 15 is 0 Å². The lowest BCUT2D eigenvalue weighted by Crippen LogP contribution is -1.98. The Morgan fingerprint density at radius 3 is 2.43 bits per heavy atom. The van der Waals surface area contributed by atoms with Crippen molar-refractivity contribution in [1.29, 1.82) is 0 Å². The molecule has 1 aromatic rings. The van der Waals surface area contributed by atoms with Crippen molar-refractivity contribution in [2.24, 2.45) is 0 Å². The highest BCUT2D eigenvalue weighted by atomic mass is 16.6. The maximum absolute atomic E-state index is 10.8. The summed E-state index contributed by atoms with van der Waals surface area (Å²) in [6.07, 6.45) is 5.80. The van der Waals surface area contributed by atoms with E-state index in [4.69, 9.17) is 9.47 Å². The van der Waals surface area contributed by atoms with Crippen molar-refractivity contribution in [3.8, 4) is 11.5 Å². The van der Waals surface area contributed by atoms with Crippen LogP contribution in [-0.4, -0.2) is 19.1 Å². The normalized spacial score (nSPS) is 11.3. The number of allylic oxidation sites excluding steroid dienone is 1. The molecule has 0 radical (unpaired) electrons. The van der Waals surface area contributed by atoms with Crippen molar-refractivity contribution in [1.82, 2.24) is 0 Å². The molecule has 0 aliphatic heterocycles. The monoisotopic (exact) mass is 293 g/mol.